The Morgan fingerprint density at radius 3 is 2.85 bits per heavy atom. The molecule has 104 valence electrons. The molecule has 0 saturated carbocycles. The van der Waals surface area contributed by atoms with Gasteiger partial charge in [0.05, 0.1) is 11.1 Å². The van der Waals surface area contributed by atoms with Crippen molar-refractivity contribution in [1.29, 1.82) is 0 Å². The van der Waals surface area contributed by atoms with Crippen LogP contribution in [0.5, 0.6) is 0 Å². The molecular weight excluding hydrogens is 275 g/mol. The maximum Gasteiger partial charge on any atom is 0.396 e. The van der Waals surface area contributed by atoms with Crippen molar-refractivity contribution in [2.24, 2.45) is 0 Å². The Bertz CT molecular complexity index is 761. The smallest absolute Gasteiger partial charge is 0.340 e. The number of H-pyrrole nitrogens is 1. The molecular formula is C11H8F3N5O. The quantitative estimate of drug-likeness (QED) is 0.781. The maximum atomic E-state index is 12.3. The van der Waals surface area contributed by atoms with E-state index in [1.165, 1.54) is 6.20 Å². The minimum atomic E-state index is -4.38. The van der Waals surface area contributed by atoms with Crippen molar-refractivity contribution in [2.75, 3.05) is 0 Å². The summed E-state index contributed by atoms with van der Waals surface area (Å²) in [5, 5.41) is 3.33. The van der Waals surface area contributed by atoms with Crippen LogP contribution in [0.4, 0.5) is 13.2 Å². The molecule has 0 amide bonds. The first-order chi connectivity index (χ1) is 9.42. The summed E-state index contributed by atoms with van der Waals surface area (Å²) < 4.78 is 41.7. The fourth-order valence-corrected chi connectivity index (χ4v) is 1.82. The fraction of sp³-hybridized carbons (Fsp3) is 0.273. The molecule has 0 aliphatic heterocycles. The summed E-state index contributed by atoms with van der Waals surface area (Å²) >= 11 is 0. The number of imidazole rings is 1. The molecule has 20 heavy (non-hydrogen) atoms. The number of halogens is 3. The van der Waals surface area contributed by atoms with E-state index in [4.69, 9.17) is 4.52 Å². The van der Waals surface area contributed by atoms with Crippen LogP contribution in [0.15, 0.2) is 16.8 Å². The number of aromatic amines is 1. The highest BCUT2D eigenvalue weighted by molar-refractivity contribution is 5.86. The van der Waals surface area contributed by atoms with Crippen LogP contribution >= 0.6 is 0 Å². The lowest BCUT2D eigenvalue weighted by Gasteiger charge is -1.99. The van der Waals surface area contributed by atoms with Crippen LogP contribution < -0.4 is 0 Å². The number of nitrogens with zero attached hydrogens (tertiary/aromatic N) is 4. The Hall–Kier alpha value is -2.45. The van der Waals surface area contributed by atoms with Gasteiger partial charge in [0.2, 0.25) is 0 Å². The summed E-state index contributed by atoms with van der Waals surface area (Å²) in [6.07, 6.45) is -4.13. The Kier molecular flexibility index (Phi) is 2.70. The van der Waals surface area contributed by atoms with E-state index in [0.717, 1.165) is 0 Å². The molecule has 0 unspecified atom stereocenters. The van der Waals surface area contributed by atoms with Gasteiger partial charge in [0.25, 0.3) is 5.89 Å². The third kappa shape index (κ3) is 2.33. The molecule has 0 aromatic carbocycles. The van der Waals surface area contributed by atoms with Gasteiger partial charge in [0.15, 0.2) is 11.5 Å². The zero-order chi connectivity index (χ0) is 14.3. The summed E-state index contributed by atoms with van der Waals surface area (Å²) in [5.41, 5.74) is 1.46. The molecule has 6 nitrogen and oxygen atoms in total. The lowest BCUT2D eigenvalue weighted by molar-refractivity contribution is -0.128. The topological polar surface area (TPSA) is 80.5 Å². The van der Waals surface area contributed by atoms with Crippen molar-refractivity contribution in [3.8, 4) is 11.5 Å². The first kappa shape index (κ1) is 12.6. The van der Waals surface area contributed by atoms with Gasteiger partial charge >= 0.3 is 6.18 Å². The van der Waals surface area contributed by atoms with Gasteiger partial charge in [0.1, 0.15) is 12.2 Å². The number of aryl methyl sites for hydroxylation is 1. The molecule has 0 saturated heterocycles. The van der Waals surface area contributed by atoms with Gasteiger partial charge in [-0.15, -0.1) is 0 Å². The van der Waals surface area contributed by atoms with E-state index in [-0.39, 0.29) is 5.89 Å². The van der Waals surface area contributed by atoms with E-state index in [1.54, 1.807) is 13.0 Å². The number of alkyl halides is 3. The van der Waals surface area contributed by atoms with Crippen LogP contribution in [-0.2, 0) is 6.42 Å². The van der Waals surface area contributed by atoms with Gasteiger partial charge in [0, 0.05) is 6.20 Å². The van der Waals surface area contributed by atoms with Crippen LogP contribution in [0.2, 0.25) is 0 Å². The maximum absolute atomic E-state index is 12.3. The van der Waals surface area contributed by atoms with E-state index in [1.807, 2.05) is 0 Å². The van der Waals surface area contributed by atoms with Crippen molar-refractivity contribution in [1.82, 2.24) is 25.1 Å². The predicted molar refractivity (Wildman–Crippen MR) is 61.7 cm³/mol. The summed E-state index contributed by atoms with van der Waals surface area (Å²) in [6.45, 7) is 1.74. The van der Waals surface area contributed by atoms with E-state index < -0.39 is 18.4 Å². The standard InChI is InChI=1S/C11H8F3N5O/c1-5-16-8-6(2-3-15-9(8)17-5)10-18-7(19-20-10)4-11(12,13)14/h2-3H,4H2,1H3,(H,15,16,17). The van der Waals surface area contributed by atoms with Gasteiger partial charge in [-0.05, 0) is 13.0 Å². The number of aromatic nitrogens is 5. The van der Waals surface area contributed by atoms with E-state index in [2.05, 4.69) is 25.1 Å². The minimum absolute atomic E-state index is 0.000278. The summed E-state index contributed by atoms with van der Waals surface area (Å²) in [7, 11) is 0. The third-order valence-corrected chi connectivity index (χ3v) is 2.57. The third-order valence-electron chi connectivity index (χ3n) is 2.57. The second-order valence-corrected chi connectivity index (χ2v) is 4.19. The van der Waals surface area contributed by atoms with Crippen molar-refractivity contribution < 1.29 is 17.7 Å². The number of rotatable bonds is 2. The highest BCUT2D eigenvalue weighted by Crippen LogP contribution is 2.26. The molecule has 0 fully saturated rings. The SMILES string of the molecule is Cc1nc2nccc(-c3nc(CC(F)(F)F)no3)c2[nH]1. The van der Waals surface area contributed by atoms with Crippen LogP contribution in [0.1, 0.15) is 11.6 Å². The minimum Gasteiger partial charge on any atom is -0.340 e. The lowest BCUT2D eigenvalue weighted by Crippen LogP contribution is -2.12. The Balaban J connectivity index is 2.03. The molecule has 0 aliphatic rings. The molecule has 0 aliphatic carbocycles. The van der Waals surface area contributed by atoms with Gasteiger partial charge < -0.3 is 9.51 Å². The van der Waals surface area contributed by atoms with Crippen molar-refractivity contribution in [3.63, 3.8) is 0 Å². The molecule has 3 heterocycles. The molecule has 9 heteroatoms. The van der Waals surface area contributed by atoms with Crippen molar-refractivity contribution >= 4 is 11.2 Å². The number of hydrogen-bond donors (Lipinski definition) is 1. The average Bonchev–Trinajstić information content (AvgIpc) is 2.91. The van der Waals surface area contributed by atoms with E-state index in [0.29, 0.717) is 22.6 Å². The van der Waals surface area contributed by atoms with Gasteiger partial charge in [-0.3, -0.25) is 0 Å². The number of nitrogens with one attached hydrogen (secondary N) is 1. The lowest BCUT2D eigenvalue weighted by atomic mass is 10.2. The van der Waals surface area contributed by atoms with E-state index in [9.17, 15) is 13.2 Å². The predicted octanol–water partition coefficient (Wildman–Crippen LogP) is 2.42. The Labute approximate surface area is 110 Å². The van der Waals surface area contributed by atoms with Crippen molar-refractivity contribution in [3.05, 3.63) is 23.9 Å². The van der Waals surface area contributed by atoms with Crippen LogP contribution in [0.25, 0.3) is 22.6 Å². The number of fused-ring (bicyclic) bond motifs is 1. The summed E-state index contributed by atoms with van der Waals surface area (Å²) in [4.78, 5) is 14.9. The zero-order valence-corrected chi connectivity index (χ0v) is 10.2. The normalized spacial score (nSPS) is 12.2. The molecule has 0 atom stereocenters. The second kappa shape index (κ2) is 4.29. The highest BCUT2D eigenvalue weighted by Gasteiger charge is 2.31. The number of hydrogen-bond acceptors (Lipinski definition) is 5. The van der Waals surface area contributed by atoms with Crippen LogP contribution in [-0.4, -0.2) is 31.3 Å². The summed E-state index contributed by atoms with van der Waals surface area (Å²) in [6, 6.07) is 1.57. The second-order valence-electron chi connectivity index (χ2n) is 4.19. The first-order valence-electron chi connectivity index (χ1n) is 5.63. The van der Waals surface area contributed by atoms with Crippen LogP contribution in [0.3, 0.4) is 0 Å². The monoisotopic (exact) mass is 283 g/mol. The van der Waals surface area contributed by atoms with Crippen LogP contribution in [0, 0.1) is 6.92 Å². The molecule has 0 spiro atoms. The first-order valence-corrected chi connectivity index (χ1v) is 5.63. The molecule has 3 rings (SSSR count). The molecule has 0 radical (unpaired) electrons. The van der Waals surface area contributed by atoms with Gasteiger partial charge in [-0.25, -0.2) is 9.97 Å². The highest BCUT2D eigenvalue weighted by atomic mass is 19.4. The largest absolute Gasteiger partial charge is 0.396 e. The summed E-state index contributed by atoms with van der Waals surface area (Å²) in [5.74, 6) is 0.226. The molecule has 1 N–H and O–H groups in total. The van der Waals surface area contributed by atoms with Gasteiger partial charge in [-0.1, -0.05) is 5.16 Å². The Morgan fingerprint density at radius 1 is 1.30 bits per heavy atom. The fourth-order valence-electron chi connectivity index (χ4n) is 1.82. The molecule has 3 aromatic rings. The number of pyridine rings is 1. The van der Waals surface area contributed by atoms with E-state index >= 15 is 0 Å². The Morgan fingerprint density at radius 2 is 2.10 bits per heavy atom. The van der Waals surface area contributed by atoms with Crippen molar-refractivity contribution in [2.45, 2.75) is 19.5 Å². The average molecular weight is 283 g/mol. The zero-order valence-electron chi connectivity index (χ0n) is 10.2. The molecule has 3 aromatic heterocycles. The van der Waals surface area contributed by atoms with Gasteiger partial charge in [-0.2, -0.15) is 18.2 Å². The molecule has 0 bridgehead atoms.